The predicted octanol–water partition coefficient (Wildman–Crippen LogP) is 0.871. The monoisotopic (exact) mass is 153 g/mol. The molecule has 0 heterocycles. The molecule has 0 fully saturated rings. The minimum Gasteiger partial charge on any atom is -0.302 e. The van der Waals surface area contributed by atoms with E-state index >= 15 is 0 Å². The van der Waals surface area contributed by atoms with Gasteiger partial charge in [0, 0.05) is 0 Å². The van der Waals surface area contributed by atoms with Crippen LogP contribution in [0, 0.1) is 0 Å². The highest BCUT2D eigenvalue weighted by molar-refractivity contribution is 5.80. The predicted molar refractivity (Wildman–Crippen MR) is 49.5 cm³/mol. The molecule has 0 radical (unpaired) electrons. The third-order valence-corrected chi connectivity index (χ3v) is 0.958. The Balaban J connectivity index is 3.48. The Morgan fingerprint density at radius 3 is 2.91 bits per heavy atom. The average molecular weight is 153 g/mol. The lowest BCUT2D eigenvalue weighted by atomic mass is 10.3. The largest absolute Gasteiger partial charge is 0.302 e. The molecular formula is C8H15N3. The van der Waals surface area contributed by atoms with Crippen LogP contribution in [0.4, 0.5) is 0 Å². The van der Waals surface area contributed by atoms with Crippen LogP contribution in [0.5, 0.6) is 0 Å². The van der Waals surface area contributed by atoms with Crippen molar-refractivity contribution in [2.75, 3.05) is 13.7 Å². The quantitative estimate of drug-likeness (QED) is 0.202. The van der Waals surface area contributed by atoms with Gasteiger partial charge in [-0.25, -0.2) is 0 Å². The van der Waals surface area contributed by atoms with Crippen LogP contribution < -0.4 is 10.7 Å². The number of hydrazone groups is 1. The molecule has 0 saturated carbocycles. The summed E-state index contributed by atoms with van der Waals surface area (Å²) in [6, 6.07) is 0. The van der Waals surface area contributed by atoms with Crippen LogP contribution in [-0.4, -0.2) is 19.9 Å². The van der Waals surface area contributed by atoms with E-state index in [1.807, 2.05) is 26.1 Å². The first-order valence-electron chi connectivity index (χ1n) is 3.53. The number of nitrogens with zero attached hydrogens (tertiary/aromatic N) is 1. The Hall–Kier alpha value is -1.09. The second-order valence-electron chi connectivity index (χ2n) is 2.02. The van der Waals surface area contributed by atoms with E-state index in [-0.39, 0.29) is 0 Å². The maximum atomic E-state index is 3.89. The number of hydrogen-bond donors (Lipinski definition) is 2. The van der Waals surface area contributed by atoms with Gasteiger partial charge in [-0.15, -0.1) is 0 Å². The van der Waals surface area contributed by atoms with Gasteiger partial charge in [-0.3, -0.25) is 5.43 Å². The van der Waals surface area contributed by atoms with Crippen LogP contribution in [0.2, 0.25) is 0 Å². The Morgan fingerprint density at radius 2 is 2.36 bits per heavy atom. The van der Waals surface area contributed by atoms with E-state index in [1.165, 1.54) is 0 Å². The molecule has 0 amide bonds. The molecule has 0 atom stereocenters. The Morgan fingerprint density at radius 1 is 1.64 bits per heavy atom. The highest BCUT2D eigenvalue weighted by Crippen LogP contribution is 1.85. The van der Waals surface area contributed by atoms with Crippen LogP contribution in [0.25, 0.3) is 0 Å². The number of allylic oxidation sites excluding steroid dienone is 3. The first-order chi connectivity index (χ1) is 5.31. The number of hydrogen-bond acceptors (Lipinski definition) is 3. The van der Waals surface area contributed by atoms with Gasteiger partial charge in [0.2, 0.25) is 0 Å². The fourth-order valence-electron chi connectivity index (χ4n) is 0.510. The lowest BCUT2D eigenvalue weighted by molar-refractivity contribution is 0.666. The fourth-order valence-corrected chi connectivity index (χ4v) is 0.510. The molecule has 0 aromatic carbocycles. The van der Waals surface area contributed by atoms with Gasteiger partial charge in [0.15, 0.2) is 0 Å². The molecule has 62 valence electrons. The number of rotatable bonds is 5. The normalized spacial score (nSPS) is 11.1. The van der Waals surface area contributed by atoms with E-state index in [4.69, 9.17) is 0 Å². The van der Waals surface area contributed by atoms with E-state index < -0.39 is 0 Å². The summed E-state index contributed by atoms with van der Waals surface area (Å²) >= 11 is 0. The van der Waals surface area contributed by atoms with Crippen LogP contribution in [0.3, 0.4) is 0 Å². The van der Waals surface area contributed by atoms with Crippen molar-refractivity contribution in [1.82, 2.24) is 10.7 Å². The van der Waals surface area contributed by atoms with Gasteiger partial charge in [-0.05, 0) is 19.5 Å². The fraction of sp³-hybridized carbons (Fsp3) is 0.375. The van der Waals surface area contributed by atoms with Crippen molar-refractivity contribution in [2.45, 2.75) is 6.92 Å². The summed E-state index contributed by atoms with van der Waals surface area (Å²) in [4.78, 5) is 0. The maximum Gasteiger partial charge on any atom is 0.0821 e. The minimum atomic E-state index is 0.666. The third kappa shape index (κ3) is 6.80. The van der Waals surface area contributed by atoms with Crippen molar-refractivity contribution in [3.8, 4) is 0 Å². The van der Waals surface area contributed by atoms with E-state index in [0.29, 0.717) is 6.67 Å². The maximum absolute atomic E-state index is 3.89. The van der Waals surface area contributed by atoms with Crippen molar-refractivity contribution in [3.63, 3.8) is 0 Å². The molecule has 0 bridgehead atoms. The van der Waals surface area contributed by atoms with Gasteiger partial charge < -0.3 is 5.32 Å². The van der Waals surface area contributed by atoms with Crippen molar-refractivity contribution in [1.29, 1.82) is 0 Å². The summed E-state index contributed by atoms with van der Waals surface area (Å²) in [6.07, 6.45) is 5.49. The summed E-state index contributed by atoms with van der Waals surface area (Å²) < 4.78 is 0. The highest BCUT2D eigenvalue weighted by Gasteiger charge is 1.77. The Kier molecular flexibility index (Phi) is 6.33. The lowest BCUT2D eigenvalue weighted by Gasteiger charge is -1.95. The molecule has 11 heavy (non-hydrogen) atoms. The van der Waals surface area contributed by atoms with Crippen molar-refractivity contribution in [3.05, 3.63) is 24.3 Å². The summed E-state index contributed by atoms with van der Waals surface area (Å²) in [6.45, 7) is 6.36. The Bertz CT molecular complexity index is 159. The third-order valence-electron chi connectivity index (χ3n) is 0.958. The lowest BCUT2D eigenvalue weighted by Crippen LogP contribution is -2.21. The molecule has 0 unspecified atom stereocenters. The Labute approximate surface area is 67.9 Å². The second kappa shape index (κ2) is 7.02. The first-order valence-corrected chi connectivity index (χ1v) is 3.53. The van der Waals surface area contributed by atoms with Gasteiger partial charge in [-0.2, -0.15) is 5.10 Å². The summed E-state index contributed by atoms with van der Waals surface area (Å²) in [5.74, 6) is 0. The molecular weight excluding hydrogens is 138 g/mol. The van der Waals surface area contributed by atoms with Crippen LogP contribution in [0.1, 0.15) is 6.92 Å². The van der Waals surface area contributed by atoms with Crippen LogP contribution in [-0.2, 0) is 0 Å². The number of nitrogens with one attached hydrogen (secondary N) is 2. The van der Waals surface area contributed by atoms with Crippen LogP contribution in [0.15, 0.2) is 29.4 Å². The van der Waals surface area contributed by atoms with Gasteiger partial charge in [0.25, 0.3) is 0 Å². The molecule has 0 aliphatic rings. The van der Waals surface area contributed by atoms with E-state index in [2.05, 4.69) is 22.4 Å². The van der Waals surface area contributed by atoms with Crippen molar-refractivity contribution < 1.29 is 0 Å². The smallest absolute Gasteiger partial charge is 0.0821 e. The summed E-state index contributed by atoms with van der Waals surface area (Å²) in [5, 5.41) is 6.79. The average Bonchev–Trinajstić information content (AvgIpc) is 1.99. The molecule has 3 heteroatoms. The van der Waals surface area contributed by atoms with E-state index in [1.54, 1.807) is 6.21 Å². The molecule has 0 spiro atoms. The standard InChI is InChI=1S/C8H15N3/c1-4-5-8(2)6-10-11-7-9-3/h4-6,9,11H,2,7H2,1,3H3/b5-4-,10-6-. The van der Waals surface area contributed by atoms with Gasteiger partial charge >= 0.3 is 0 Å². The topological polar surface area (TPSA) is 36.4 Å². The van der Waals surface area contributed by atoms with E-state index in [9.17, 15) is 0 Å². The zero-order valence-corrected chi connectivity index (χ0v) is 7.09. The molecule has 0 aliphatic carbocycles. The molecule has 0 rings (SSSR count). The molecule has 0 aromatic heterocycles. The zero-order chi connectivity index (χ0) is 8.53. The summed E-state index contributed by atoms with van der Waals surface area (Å²) in [5.41, 5.74) is 3.67. The van der Waals surface area contributed by atoms with Gasteiger partial charge in [0.1, 0.15) is 0 Å². The molecule has 0 aliphatic heterocycles. The van der Waals surface area contributed by atoms with Crippen molar-refractivity contribution in [2.24, 2.45) is 5.10 Å². The SMILES string of the molecule is C=C(/C=C\C)/C=N\NCNC. The summed E-state index contributed by atoms with van der Waals surface area (Å²) in [7, 11) is 1.85. The van der Waals surface area contributed by atoms with Gasteiger partial charge in [0.05, 0.1) is 12.9 Å². The van der Waals surface area contributed by atoms with Crippen LogP contribution >= 0.6 is 0 Å². The van der Waals surface area contributed by atoms with Crippen molar-refractivity contribution >= 4 is 6.21 Å². The van der Waals surface area contributed by atoms with Gasteiger partial charge in [-0.1, -0.05) is 18.7 Å². The zero-order valence-electron chi connectivity index (χ0n) is 7.09. The second-order valence-corrected chi connectivity index (χ2v) is 2.02. The first kappa shape index (κ1) is 9.91. The molecule has 3 nitrogen and oxygen atoms in total. The molecule has 0 aromatic rings. The molecule has 2 N–H and O–H groups in total. The molecule has 0 saturated heterocycles. The minimum absolute atomic E-state index is 0.666. The highest BCUT2D eigenvalue weighted by atomic mass is 15.3. The van der Waals surface area contributed by atoms with E-state index in [0.717, 1.165) is 5.57 Å².